The second-order valence-electron chi connectivity index (χ2n) is 6.02. The molecule has 31 heavy (non-hydrogen) atoms. The van der Waals surface area contributed by atoms with E-state index in [-0.39, 0.29) is 28.4 Å². The minimum absolute atomic E-state index is 0.0735. The van der Waals surface area contributed by atoms with Crippen LogP contribution < -0.4 is 20.1 Å². The van der Waals surface area contributed by atoms with Crippen molar-refractivity contribution in [1.29, 1.82) is 0 Å². The van der Waals surface area contributed by atoms with Crippen molar-refractivity contribution in [3.63, 3.8) is 0 Å². The summed E-state index contributed by atoms with van der Waals surface area (Å²) in [5, 5.41) is 4.99. The standard InChI is InChI=1S/C19H22N4O7S/c1-3-20-17(24)13-5-4-6-15(11-13)31(27,28)23-18(25)14-7-8-16(22-12-14)30-19(26)21-9-10-29-2/h4-8,11-12H,3,9-10H2,1-2H3,(H,20,24)(H,21,26)(H,23,25). The highest BCUT2D eigenvalue weighted by Gasteiger charge is 2.20. The second kappa shape index (κ2) is 11.0. The second-order valence-corrected chi connectivity index (χ2v) is 7.70. The molecule has 0 spiro atoms. The first-order valence-corrected chi connectivity index (χ1v) is 10.6. The predicted molar refractivity (Wildman–Crippen MR) is 109 cm³/mol. The molecule has 0 atom stereocenters. The van der Waals surface area contributed by atoms with Gasteiger partial charge < -0.3 is 20.1 Å². The lowest BCUT2D eigenvalue weighted by atomic mass is 10.2. The van der Waals surface area contributed by atoms with Crippen LogP contribution in [0.15, 0.2) is 47.5 Å². The quantitative estimate of drug-likeness (QED) is 0.472. The number of hydrogen-bond donors (Lipinski definition) is 3. The van der Waals surface area contributed by atoms with Crippen molar-refractivity contribution in [1.82, 2.24) is 20.3 Å². The molecular weight excluding hydrogens is 428 g/mol. The molecule has 0 radical (unpaired) electrons. The fraction of sp³-hybridized carbons (Fsp3) is 0.263. The number of benzene rings is 1. The summed E-state index contributed by atoms with van der Waals surface area (Å²) in [6, 6.07) is 7.77. The molecule has 3 amide bonds. The third-order valence-corrected chi connectivity index (χ3v) is 5.07. The van der Waals surface area contributed by atoms with Gasteiger partial charge in [0.25, 0.3) is 21.8 Å². The Morgan fingerprint density at radius 2 is 1.81 bits per heavy atom. The van der Waals surface area contributed by atoms with Gasteiger partial charge >= 0.3 is 6.09 Å². The highest BCUT2D eigenvalue weighted by atomic mass is 32.2. The van der Waals surface area contributed by atoms with Crippen LogP contribution in [0.2, 0.25) is 0 Å². The maximum absolute atomic E-state index is 12.5. The van der Waals surface area contributed by atoms with Crippen molar-refractivity contribution >= 4 is 27.9 Å². The fourth-order valence-electron chi connectivity index (χ4n) is 2.27. The van der Waals surface area contributed by atoms with Gasteiger partial charge in [0, 0.05) is 38.0 Å². The largest absolute Gasteiger partial charge is 0.414 e. The Morgan fingerprint density at radius 1 is 1.03 bits per heavy atom. The zero-order valence-corrected chi connectivity index (χ0v) is 17.7. The Balaban J connectivity index is 2.04. The first-order chi connectivity index (χ1) is 14.8. The molecule has 0 saturated carbocycles. The van der Waals surface area contributed by atoms with Crippen molar-refractivity contribution in [2.45, 2.75) is 11.8 Å². The summed E-state index contributed by atoms with van der Waals surface area (Å²) in [6.07, 6.45) is 0.310. The third kappa shape index (κ3) is 7.04. The van der Waals surface area contributed by atoms with Crippen LogP contribution >= 0.6 is 0 Å². The molecule has 1 aromatic carbocycles. The van der Waals surface area contributed by atoms with Crippen LogP contribution in [-0.2, 0) is 14.8 Å². The Morgan fingerprint density at radius 3 is 2.45 bits per heavy atom. The number of aromatic nitrogens is 1. The molecule has 0 unspecified atom stereocenters. The van der Waals surface area contributed by atoms with Gasteiger partial charge in [-0.15, -0.1) is 0 Å². The van der Waals surface area contributed by atoms with Gasteiger partial charge in [0.05, 0.1) is 17.1 Å². The van der Waals surface area contributed by atoms with Gasteiger partial charge in [0.1, 0.15) is 0 Å². The van der Waals surface area contributed by atoms with Gasteiger partial charge in [-0.25, -0.2) is 22.9 Å². The molecule has 0 aliphatic carbocycles. The number of nitrogens with zero attached hydrogens (tertiary/aromatic N) is 1. The van der Waals surface area contributed by atoms with Crippen molar-refractivity contribution in [2.75, 3.05) is 26.8 Å². The summed E-state index contributed by atoms with van der Waals surface area (Å²) >= 11 is 0. The van der Waals surface area contributed by atoms with Crippen molar-refractivity contribution in [2.24, 2.45) is 0 Å². The summed E-state index contributed by atoms with van der Waals surface area (Å²) in [6.45, 7) is 2.67. The van der Waals surface area contributed by atoms with E-state index < -0.39 is 27.9 Å². The normalized spacial score (nSPS) is 10.8. The summed E-state index contributed by atoms with van der Waals surface area (Å²) in [5.74, 6) is -1.45. The third-order valence-electron chi connectivity index (χ3n) is 3.74. The monoisotopic (exact) mass is 450 g/mol. The Hall–Kier alpha value is -3.51. The smallest absolute Gasteiger partial charge is 0.391 e. The molecule has 12 heteroatoms. The molecule has 0 fully saturated rings. The molecule has 166 valence electrons. The highest BCUT2D eigenvalue weighted by molar-refractivity contribution is 7.90. The first-order valence-electron chi connectivity index (χ1n) is 9.13. The zero-order valence-electron chi connectivity index (χ0n) is 16.9. The van der Waals surface area contributed by atoms with Gasteiger partial charge in [-0.2, -0.15) is 0 Å². The van der Waals surface area contributed by atoms with Crippen LogP contribution in [0.4, 0.5) is 4.79 Å². The first kappa shape index (κ1) is 23.8. The van der Waals surface area contributed by atoms with Gasteiger partial charge in [-0.05, 0) is 31.2 Å². The van der Waals surface area contributed by atoms with E-state index in [2.05, 4.69) is 15.6 Å². The Kier molecular flexibility index (Phi) is 8.46. The van der Waals surface area contributed by atoms with E-state index in [4.69, 9.17) is 9.47 Å². The lowest BCUT2D eigenvalue weighted by molar-refractivity contribution is 0.0953. The number of nitrogens with one attached hydrogen (secondary N) is 3. The van der Waals surface area contributed by atoms with E-state index in [9.17, 15) is 22.8 Å². The van der Waals surface area contributed by atoms with Crippen LogP contribution in [0.25, 0.3) is 0 Å². The summed E-state index contributed by atoms with van der Waals surface area (Å²) < 4.78 is 36.6. The summed E-state index contributed by atoms with van der Waals surface area (Å²) in [7, 11) is -2.75. The van der Waals surface area contributed by atoms with Crippen molar-refractivity contribution in [3.05, 3.63) is 53.7 Å². The number of carbonyl (C=O) groups excluding carboxylic acids is 3. The molecule has 3 N–H and O–H groups in total. The Labute approximate surface area is 179 Å². The fourth-order valence-corrected chi connectivity index (χ4v) is 3.29. The number of pyridine rings is 1. The maximum Gasteiger partial charge on any atom is 0.414 e. The summed E-state index contributed by atoms with van der Waals surface area (Å²) in [5.41, 5.74) is 0.0692. The van der Waals surface area contributed by atoms with Crippen LogP contribution in [0.3, 0.4) is 0 Å². The number of amides is 3. The van der Waals surface area contributed by atoms with Crippen LogP contribution in [0.5, 0.6) is 5.88 Å². The minimum Gasteiger partial charge on any atom is -0.391 e. The van der Waals surface area contributed by atoms with Crippen LogP contribution in [-0.4, -0.2) is 58.1 Å². The average Bonchev–Trinajstić information content (AvgIpc) is 2.74. The van der Waals surface area contributed by atoms with E-state index in [0.29, 0.717) is 13.2 Å². The van der Waals surface area contributed by atoms with E-state index >= 15 is 0 Å². The molecule has 2 aromatic rings. The van der Waals surface area contributed by atoms with E-state index in [1.165, 1.54) is 37.4 Å². The van der Waals surface area contributed by atoms with Gasteiger partial charge in [0.15, 0.2) is 0 Å². The van der Waals surface area contributed by atoms with E-state index in [1.807, 2.05) is 4.72 Å². The minimum atomic E-state index is -4.24. The molecule has 11 nitrogen and oxygen atoms in total. The number of hydrogen-bond acceptors (Lipinski definition) is 8. The number of rotatable bonds is 9. The number of carbonyl (C=O) groups is 3. The lowest BCUT2D eigenvalue weighted by Crippen LogP contribution is -2.31. The molecule has 0 aliphatic heterocycles. The van der Waals surface area contributed by atoms with Crippen molar-refractivity contribution < 1.29 is 32.3 Å². The lowest BCUT2D eigenvalue weighted by Gasteiger charge is -2.09. The molecule has 0 saturated heterocycles. The van der Waals surface area contributed by atoms with Gasteiger partial charge in [-0.1, -0.05) is 6.07 Å². The highest BCUT2D eigenvalue weighted by Crippen LogP contribution is 2.13. The zero-order chi connectivity index (χ0) is 22.9. The number of methoxy groups -OCH3 is 1. The molecule has 1 heterocycles. The van der Waals surface area contributed by atoms with Gasteiger partial charge in [0.2, 0.25) is 5.88 Å². The molecule has 0 aliphatic rings. The van der Waals surface area contributed by atoms with E-state index in [1.54, 1.807) is 6.92 Å². The molecular formula is C19H22N4O7S. The van der Waals surface area contributed by atoms with Crippen LogP contribution in [0, 0.1) is 0 Å². The topological polar surface area (TPSA) is 153 Å². The van der Waals surface area contributed by atoms with Crippen LogP contribution in [0.1, 0.15) is 27.6 Å². The van der Waals surface area contributed by atoms with Crippen molar-refractivity contribution in [3.8, 4) is 5.88 Å². The molecule has 2 rings (SSSR count). The van der Waals surface area contributed by atoms with Gasteiger partial charge in [-0.3, -0.25) is 9.59 Å². The average molecular weight is 450 g/mol. The predicted octanol–water partition coefficient (Wildman–Crippen LogP) is 0.685. The summed E-state index contributed by atoms with van der Waals surface area (Å²) in [4.78, 5) is 39.3. The molecule has 1 aromatic heterocycles. The van der Waals surface area contributed by atoms with E-state index in [0.717, 1.165) is 12.3 Å². The molecule has 0 bridgehead atoms. The Bertz CT molecular complexity index is 1040. The number of ether oxygens (including phenoxy) is 2. The SMILES string of the molecule is CCNC(=O)c1cccc(S(=O)(=O)NC(=O)c2ccc(OC(=O)NCCOC)nc2)c1. The number of sulfonamides is 1. The maximum atomic E-state index is 12.5.